The van der Waals surface area contributed by atoms with Crippen LogP contribution in [-0.4, -0.2) is 13.1 Å². The summed E-state index contributed by atoms with van der Waals surface area (Å²) in [5, 5.41) is 0. The molecule has 1 heterocycles. The number of anilines is 2. The Labute approximate surface area is 137 Å². The Kier molecular flexibility index (Phi) is 4.29. The minimum absolute atomic E-state index is 0.499. The molecule has 0 amide bonds. The lowest BCUT2D eigenvalue weighted by Gasteiger charge is -2.33. The SMILES string of the molecule is Cc1ccc2c(c1)Sc1ccc(C(F)(F)F)cc1N2CCCN. The Morgan fingerprint density at radius 3 is 2.52 bits per heavy atom. The maximum absolute atomic E-state index is 13.0. The Bertz CT molecular complexity index is 728. The van der Waals surface area contributed by atoms with Crippen molar-refractivity contribution >= 4 is 23.1 Å². The first-order valence-electron chi connectivity index (χ1n) is 7.37. The van der Waals surface area contributed by atoms with E-state index in [9.17, 15) is 13.2 Å². The molecular formula is C17H17F3N2S. The lowest BCUT2D eigenvalue weighted by atomic mass is 10.1. The van der Waals surface area contributed by atoms with Crippen LogP contribution in [0.4, 0.5) is 24.5 Å². The number of nitrogens with zero attached hydrogens (tertiary/aromatic N) is 1. The van der Waals surface area contributed by atoms with Gasteiger partial charge in [0.15, 0.2) is 0 Å². The number of hydrogen-bond donors (Lipinski definition) is 1. The zero-order valence-corrected chi connectivity index (χ0v) is 13.5. The van der Waals surface area contributed by atoms with Crippen molar-refractivity contribution in [3.05, 3.63) is 47.5 Å². The van der Waals surface area contributed by atoms with Crippen LogP contribution in [0.2, 0.25) is 0 Å². The van der Waals surface area contributed by atoms with Crippen molar-refractivity contribution in [2.24, 2.45) is 5.73 Å². The number of fused-ring (bicyclic) bond motifs is 2. The average molecular weight is 338 g/mol. The van der Waals surface area contributed by atoms with E-state index in [1.165, 1.54) is 17.8 Å². The van der Waals surface area contributed by atoms with E-state index in [2.05, 4.69) is 6.07 Å². The van der Waals surface area contributed by atoms with E-state index in [-0.39, 0.29) is 0 Å². The summed E-state index contributed by atoms with van der Waals surface area (Å²) < 4.78 is 39.1. The quantitative estimate of drug-likeness (QED) is 0.857. The Hall–Kier alpha value is -1.66. The van der Waals surface area contributed by atoms with Crippen molar-refractivity contribution in [3.63, 3.8) is 0 Å². The van der Waals surface area contributed by atoms with Crippen LogP contribution in [0, 0.1) is 6.92 Å². The zero-order chi connectivity index (χ0) is 16.6. The average Bonchev–Trinajstić information content (AvgIpc) is 2.49. The predicted octanol–water partition coefficient (Wildman–Crippen LogP) is 4.97. The van der Waals surface area contributed by atoms with Gasteiger partial charge in [-0.15, -0.1) is 0 Å². The van der Waals surface area contributed by atoms with Crippen LogP contribution in [0.1, 0.15) is 17.5 Å². The molecule has 0 bridgehead atoms. The summed E-state index contributed by atoms with van der Waals surface area (Å²) >= 11 is 1.51. The number of nitrogens with two attached hydrogens (primary N) is 1. The summed E-state index contributed by atoms with van der Waals surface area (Å²) in [7, 11) is 0. The highest BCUT2D eigenvalue weighted by Gasteiger charge is 2.33. The molecule has 122 valence electrons. The molecule has 0 spiro atoms. The van der Waals surface area contributed by atoms with Gasteiger partial charge in [0.2, 0.25) is 0 Å². The molecule has 0 atom stereocenters. The number of halogens is 3. The van der Waals surface area contributed by atoms with Crippen LogP contribution in [0.3, 0.4) is 0 Å². The van der Waals surface area contributed by atoms with Crippen LogP contribution in [0.5, 0.6) is 0 Å². The van der Waals surface area contributed by atoms with Crippen LogP contribution < -0.4 is 10.6 Å². The molecule has 2 aromatic carbocycles. The van der Waals surface area contributed by atoms with Gasteiger partial charge in [-0.2, -0.15) is 13.2 Å². The van der Waals surface area contributed by atoms with Crippen molar-refractivity contribution in [1.82, 2.24) is 0 Å². The fourth-order valence-corrected chi connectivity index (χ4v) is 3.83. The van der Waals surface area contributed by atoms with Gasteiger partial charge >= 0.3 is 6.18 Å². The molecule has 2 N–H and O–H groups in total. The molecule has 6 heteroatoms. The van der Waals surface area contributed by atoms with Crippen LogP contribution in [0.25, 0.3) is 0 Å². The molecule has 2 nitrogen and oxygen atoms in total. The molecule has 1 aliphatic heterocycles. The molecule has 23 heavy (non-hydrogen) atoms. The second kappa shape index (κ2) is 6.09. The summed E-state index contributed by atoms with van der Waals surface area (Å²) in [6, 6.07) is 9.96. The normalized spacial score (nSPS) is 13.7. The van der Waals surface area contributed by atoms with Gasteiger partial charge in [0.25, 0.3) is 0 Å². The maximum Gasteiger partial charge on any atom is 0.416 e. The molecule has 3 rings (SSSR count). The summed E-state index contributed by atoms with van der Waals surface area (Å²) in [5.41, 5.74) is 7.66. The minimum atomic E-state index is -4.34. The first kappa shape index (κ1) is 16.2. The third-order valence-electron chi connectivity index (χ3n) is 3.79. The first-order chi connectivity index (χ1) is 10.9. The van der Waals surface area contributed by atoms with Crippen molar-refractivity contribution in [2.45, 2.75) is 29.3 Å². The third-order valence-corrected chi connectivity index (χ3v) is 4.90. The number of aryl methyl sites for hydroxylation is 1. The molecule has 0 aromatic heterocycles. The van der Waals surface area contributed by atoms with E-state index in [4.69, 9.17) is 5.73 Å². The van der Waals surface area contributed by atoms with E-state index in [1.807, 2.05) is 24.0 Å². The molecular weight excluding hydrogens is 321 g/mol. The second-order valence-electron chi connectivity index (χ2n) is 5.55. The smallest absolute Gasteiger partial charge is 0.340 e. The first-order valence-corrected chi connectivity index (χ1v) is 8.19. The Balaban J connectivity index is 2.10. The predicted molar refractivity (Wildman–Crippen MR) is 87.4 cm³/mol. The summed E-state index contributed by atoms with van der Waals surface area (Å²) in [5.74, 6) is 0. The van der Waals surface area contributed by atoms with Crippen molar-refractivity contribution < 1.29 is 13.2 Å². The highest BCUT2D eigenvalue weighted by molar-refractivity contribution is 7.99. The molecule has 0 unspecified atom stereocenters. The van der Waals surface area contributed by atoms with E-state index in [1.54, 1.807) is 6.07 Å². The monoisotopic (exact) mass is 338 g/mol. The van der Waals surface area contributed by atoms with Gasteiger partial charge in [0.05, 0.1) is 16.9 Å². The second-order valence-corrected chi connectivity index (χ2v) is 6.63. The molecule has 1 aliphatic rings. The van der Waals surface area contributed by atoms with Crippen LogP contribution >= 0.6 is 11.8 Å². The van der Waals surface area contributed by atoms with E-state index in [0.717, 1.165) is 27.1 Å². The van der Waals surface area contributed by atoms with E-state index in [0.29, 0.717) is 25.2 Å². The zero-order valence-electron chi connectivity index (χ0n) is 12.7. The number of alkyl halides is 3. The third kappa shape index (κ3) is 3.19. The van der Waals surface area contributed by atoms with Gasteiger partial charge in [0, 0.05) is 16.3 Å². The molecule has 0 fully saturated rings. The molecule has 0 saturated heterocycles. The number of hydrogen-bond acceptors (Lipinski definition) is 3. The standard InChI is InChI=1S/C17H17F3N2S/c1-11-3-5-13-16(9-11)23-15-6-4-12(17(18,19)20)10-14(15)22(13)8-2-7-21/h3-6,9-10H,2,7-8,21H2,1H3. The summed E-state index contributed by atoms with van der Waals surface area (Å²) in [6.45, 7) is 3.11. The van der Waals surface area contributed by atoms with E-state index < -0.39 is 11.7 Å². The van der Waals surface area contributed by atoms with Gasteiger partial charge in [-0.05, 0) is 55.8 Å². The van der Waals surface area contributed by atoms with Gasteiger partial charge < -0.3 is 10.6 Å². The van der Waals surface area contributed by atoms with Crippen molar-refractivity contribution in [3.8, 4) is 0 Å². The highest BCUT2D eigenvalue weighted by atomic mass is 32.2. The van der Waals surface area contributed by atoms with Gasteiger partial charge in [-0.1, -0.05) is 17.8 Å². The number of benzene rings is 2. The molecule has 0 radical (unpaired) electrons. The van der Waals surface area contributed by atoms with Crippen LogP contribution in [0.15, 0.2) is 46.2 Å². The highest BCUT2D eigenvalue weighted by Crippen LogP contribution is 2.49. The maximum atomic E-state index is 13.0. The van der Waals surface area contributed by atoms with Gasteiger partial charge in [-0.3, -0.25) is 0 Å². The topological polar surface area (TPSA) is 29.3 Å². The van der Waals surface area contributed by atoms with Gasteiger partial charge in [0.1, 0.15) is 0 Å². The number of rotatable bonds is 3. The van der Waals surface area contributed by atoms with Crippen molar-refractivity contribution in [1.29, 1.82) is 0 Å². The summed E-state index contributed by atoms with van der Waals surface area (Å²) in [6.07, 6.45) is -3.62. The lowest BCUT2D eigenvalue weighted by molar-refractivity contribution is -0.137. The van der Waals surface area contributed by atoms with Crippen molar-refractivity contribution in [2.75, 3.05) is 18.0 Å². The minimum Gasteiger partial charge on any atom is -0.340 e. The molecule has 0 saturated carbocycles. The Morgan fingerprint density at radius 2 is 1.83 bits per heavy atom. The van der Waals surface area contributed by atoms with E-state index >= 15 is 0 Å². The van der Waals surface area contributed by atoms with Gasteiger partial charge in [-0.25, -0.2) is 0 Å². The Morgan fingerprint density at radius 1 is 1.04 bits per heavy atom. The fourth-order valence-electron chi connectivity index (χ4n) is 2.66. The van der Waals surface area contributed by atoms with Crippen LogP contribution in [-0.2, 0) is 6.18 Å². The largest absolute Gasteiger partial charge is 0.416 e. The molecule has 2 aromatic rings. The lowest BCUT2D eigenvalue weighted by Crippen LogP contribution is -2.24. The fraction of sp³-hybridized carbons (Fsp3) is 0.294. The molecule has 0 aliphatic carbocycles. The summed E-state index contributed by atoms with van der Waals surface area (Å²) in [4.78, 5) is 3.85.